The van der Waals surface area contributed by atoms with Crippen LogP contribution < -0.4 is 5.32 Å². The zero-order chi connectivity index (χ0) is 9.80. The smallest absolute Gasteiger partial charge is 0.00885 e. The van der Waals surface area contributed by atoms with Crippen molar-refractivity contribution in [1.82, 2.24) is 5.32 Å². The van der Waals surface area contributed by atoms with E-state index >= 15 is 0 Å². The molecule has 0 radical (unpaired) electrons. The Labute approximate surface area is 98.7 Å². The molecule has 1 fully saturated rings. The predicted octanol–water partition coefficient (Wildman–Crippen LogP) is 3.14. The minimum absolute atomic E-state index is 0. The predicted molar refractivity (Wildman–Crippen MR) is 67.9 cm³/mol. The van der Waals surface area contributed by atoms with Gasteiger partial charge in [-0.2, -0.15) is 0 Å². The molecular formula is C13H20ClN. The highest BCUT2D eigenvalue weighted by atomic mass is 35.5. The number of unbranched alkanes of at least 4 members (excludes halogenated alkanes) is 1. The van der Waals surface area contributed by atoms with Crippen molar-refractivity contribution in [3.05, 3.63) is 35.4 Å². The lowest BCUT2D eigenvalue weighted by Gasteiger charge is -2.27. The molecule has 2 rings (SSSR count). The van der Waals surface area contributed by atoms with Crippen LogP contribution in [-0.2, 0) is 6.42 Å². The molecule has 2 heteroatoms. The topological polar surface area (TPSA) is 12.0 Å². The highest BCUT2D eigenvalue weighted by Gasteiger charge is 2.17. The van der Waals surface area contributed by atoms with Crippen LogP contribution in [0.1, 0.15) is 36.8 Å². The normalized spacial score (nSPS) is 15.5. The summed E-state index contributed by atoms with van der Waals surface area (Å²) in [6.07, 6.45) is 3.83. The van der Waals surface area contributed by atoms with Gasteiger partial charge in [-0.1, -0.05) is 37.6 Å². The molecule has 0 atom stereocenters. The first kappa shape index (κ1) is 12.5. The molecule has 1 aromatic carbocycles. The Hall–Kier alpha value is -0.530. The highest BCUT2D eigenvalue weighted by molar-refractivity contribution is 5.85. The van der Waals surface area contributed by atoms with Crippen molar-refractivity contribution < 1.29 is 0 Å². The zero-order valence-corrected chi connectivity index (χ0v) is 10.1. The Morgan fingerprint density at radius 1 is 1.20 bits per heavy atom. The first-order chi connectivity index (χ1) is 6.90. The van der Waals surface area contributed by atoms with Crippen molar-refractivity contribution in [3.63, 3.8) is 0 Å². The maximum Gasteiger partial charge on any atom is 0.00885 e. The molecule has 0 amide bonds. The molecule has 0 spiro atoms. The van der Waals surface area contributed by atoms with Crippen LogP contribution in [0.25, 0.3) is 0 Å². The molecule has 1 N–H and O–H groups in total. The van der Waals surface area contributed by atoms with Crippen molar-refractivity contribution in [1.29, 1.82) is 0 Å². The molecule has 1 heterocycles. The molecule has 0 aliphatic carbocycles. The molecule has 1 aliphatic rings. The third-order valence-electron chi connectivity index (χ3n) is 3.05. The second kappa shape index (κ2) is 6.14. The van der Waals surface area contributed by atoms with E-state index < -0.39 is 0 Å². The van der Waals surface area contributed by atoms with Gasteiger partial charge in [-0.15, -0.1) is 12.4 Å². The van der Waals surface area contributed by atoms with E-state index in [1.165, 1.54) is 30.4 Å². The van der Waals surface area contributed by atoms with Crippen molar-refractivity contribution in [2.45, 2.75) is 32.1 Å². The van der Waals surface area contributed by atoms with E-state index in [-0.39, 0.29) is 12.4 Å². The Morgan fingerprint density at radius 2 is 1.87 bits per heavy atom. The third kappa shape index (κ3) is 3.22. The molecule has 0 unspecified atom stereocenters. The van der Waals surface area contributed by atoms with E-state index in [2.05, 4.69) is 36.5 Å². The van der Waals surface area contributed by atoms with Gasteiger partial charge in [0.15, 0.2) is 0 Å². The molecule has 1 saturated heterocycles. The first-order valence-electron chi connectivity index (χ1n) is 5.69. The summed E-state index contributed by atoms with van der Waals surface area (Å²) < 4.78 is 0. The molecule has 1 nitrogen and oxygen atoms in total. The molecule has 1 aliphatic heterocycles. The van der Waals surface area contributed by atoms with Gasteiger partial charge in [-0.05, 0) is 24.0 Å². The van der Waals surface area contributed by atoms with Crippen LogP contribution in [0.2, 0.25) is 0 Å². The number of aryl methyl sites for hydroxylation is 1. The van der Waals surface area contributed by atoms with Crippen LogP contribution in [0, 0.1) is 0 Å². The molecule has 0 aromatic heterocycles. The van der Waals surface area contributed by atoms with Crippen molar-refractivity contribution in [2.75, 3.05) is 13.1 Å². The average molecular weight is 226 g/mol. The summed E-state index contributed by atoms with van der Waals surface area (Å²) in [5.74, 6) is 0.773. The molecule has 15 heavy (non-hydrogen) atoms. The van der Waals surface area contributed by atoms with Crippen LogP contribution in [0.3, 0.4) is 0 Å². The van der Waals surface area contributed by atoms with Gasteiger partial charge in [0.05, 0.1) is 0 Å². The van der Waals surface area contributed by atoms with Gasteiger partial charge in [0, 0.05) is 19.0 Å². The van der Waals surface area contributed by atoms with Crippen molar-refractivity contribution in [3.8, 4) is 0 Å². The number of halogens is 1. The number of benzene rings is 1. The van der Waals surface area contributed by atoms with E-state index in [0.717, 1.165) is 19.0 Å². The number of rotatable bonds is 4. The molecule has 84 valence electrons. The minimum atomic E-state index is 0. The summed E-state index contributed by atoms with van der Waals surface area (Å²) in [5, 5.41) is 3.31. The van der Waals surface area contributed by atoms with E-state index in [1.807, 2.05) is 0 Å². The molecular weight excluding hydrogens is 206 g/mol. The van der Waals surface area contributed by atoms with E-state index in [1.54, 1.807) is 0 Å². The van der Waals surface area contributed by atoms with Crippen molar-refractivity contribution >= 4 is 12.4 Å². The Morgan fingerprint density at radius 3 is 2.33 bits per heavy atom. The van der Waals surface area contributed by atoms with Gasteiger partial charge in [0.25, 0.3) is 0 Å². The lowest BCUT2D eigenvalue weighted by molar-refractivity contribution is 0.448. The standard InChI is InChI=1S/C13H19N.ClH/c1-2-3-4-11-5-7-12(8-6-11)13-9-14-10-13;/h5-8,13-14H,2-4,9-10H2,1H3;1H. The Kier molecular flexibility index (Phi) is 5.13. The summed E-state index contributed by atoms with van der Waals surface area (Å²) in [6.45, 7) is 4.57. The summed E-state index contributed by atoms with van der Waals surface area (Å²) in [6, 6.07) is 9.19. The fourth-order valence-electron chi connectivity index (χ4n) is 1.86. The number of hydrogen-bond acceptors (Lipinski definition) is 1. The van der Waals surface area contributed by atoms with Crippen LogP contribution in [0.15, 0.2) is 24.3 Å². The quantitative estimate of drug-likeness (QED) is 0.830. The average Bonchev–Trinajstić information content (AvgIpc) is 2.14. The number of nitrogens with one attached hydrogen (secondary N) is 1. The van der Waals surface area contributed by atoms with Gasteiger partial charge in [-0.3, -0.25) is 0 Å². The Balaban J connectivity index is 0.00000112. The van der Waals surface area contributed by atoms with Gasteiger partial charge >= 0.3 is 0 Å². The van der Waals surface area contributed by atoms with E-state index in [0.29, 0.717) is 0 Å². The van der Waals surface area contributed by atoms with Crippen LogP contribution in [0.4, 0.5) is 0 Å². The first-order valence-corrected chi connectivity index (χ1v) is 5.69. The largest absolute Gasteiger partial charge is 0.315 e. The van der Waals surface area contributed by atoms with Crippen LogP contribution in [0.5, 0.6) is 0 Å². The van der Waals surface area contributed by atoms with Gasteiger partial charge < -0.3 is 5.32 Å². The van der Waals surface area contributed by atoms with Crippen molar-refractivity contribution in [2.24, 2.45) is 0 Å². The Bertz CT molecular complexity index is 277. The summed E-state index contributed by atoms with van der Waals surface area (Å²) in [4.78, 5) is 0. The minimum Gasteiger partial charge on any atom is -0.315 e. The van der Waals surface area contributed by atoms with Crippen LogP contribution >= 0.6 is 12.4 Å². The summed E-state index contributed by atoms with van der Waals surface area (Å²) >= 11 is 0. The third-order valence-corrected chi connectivity index (χ3v) is 3.05. The fraction of sp³-hybridized carbons (Fsp3) is 0.538. The maximum atomic E-state index is 3.31. The fourth-order valence-corrected chi connectivity index (χ4v) is 1.86. The number of hydrogen-bond donors (Lipinski definition) is 1. The lowest BCUT2D eigenvalue weighted by Crippen LogP contribution is -2.39. The lowest BCUT2D eigenvalue weighted by atomic mass is 9.92. The highest BCUT2D eigenvalue weighted by Crippen LogP contribution is 2.20. The van der Waals surface area contributed by atoms with Gasteiger partial charge in [0.1, 0.15) is 0 Å². The van der Waals surface area contributed by atoms with Gasteiger partial charge in [-0.25, -0.2) is 0 Å². The van der Waals surface area contributed by atoms with Gasteiger partial charge in [0.2, 0.25) is 0 Å². The second-order valence-electron chi connectivity index (χ2n) is 4.20. The van der Waals surface area contributed by atoms with E-state index in [4.69, 9.17) is 0 Å². The van der Waals surface area contributed by atoms with E-state index in [9.17, 15) is 0 Å². The SMILES string of the molecule is CCCCc1ccc(C2CNC2)cc1.Cl. The van der Waals surface area contributed by atoms with Crippen LogP contribution in [-0.4, -0.2) is 13.1 Å². The summed E-state index contributed by atoms with van der Waals surface area (Å²) in [5.41, 5.74) is 2.99. The molecule has 0 saturated carbocycles. The summed E-state index contributed by atoms with van der Waals surface area (Å²) in [7, 11) is 0. The molecule has 0 bridgehead atoms. The maximum absolute atomic E-state index is 3.31. The molecule has 1 aromatic rings. The monoisotopic (exact) mass is 225 g/mol. The second-order valence-corrected chi connectivity index (χ2v) is 4.20. The zero-order valence-electron chi connectivity index (χ0n) is 9.33.